The maximum Gasteiger partial charge on any atom is 0.166 e. The predicted molar refractivity (Wildman–Crippen MR) is 77.3 cm³/mol. The smallest absolute Gasteiger partial charge is 0.166 e. The zero-order chi connectivity index (χ0) is 14.4. The fraction of sp³-hybridized carbons (Fsp3) is 0.500. The zero-order valence-corrected chi connectivity index (χ0v) is 13.2. The van der Waals surface area contributed by atoms with Crippen LogP contribution in [0.2, 0.25) is 0 Å². The molecule has 0 bridgehead atoms. The van der Waals surface area contributed by atoms with Gasteiger partial charge in [-0.05, 0) is 41.4 Å². The van der Waals surface area contributed by atoms with Gasteiger partial charge in [-0.2, -0.15) is 0 Å². The lowest BCUT2D eigenvalue weighted by Gasteiger charge is -2.13. The second-order valence-electron chi connectivity index (χ2n) is 4.17. The summed E-state index contributed by atoms with van der Waals surface area (Å²) >= 11 is 3.39. The van der Waals surface area contributed by atoms with Crippen molar-refractivity contribution in [1.29, 1.82) is 0 Å². The first kappa shape index (κ1) is 16.0. The average Bonchev–Trinajstić information content (AvgIpc) is 2.43. The molecule has 1 aromatic rings. The molecule has 0 aliphatic rings. The number of methoxy groups -OCH3 is 3. The van der Waals surface area contributed by atoms with Crippen LogP contribution in [0.3, 0.4) is 0 Å². The number of carbonyl (C=O) groups is 1. The van der Waals surface area contributed by atoms with Gasteiger partial charge >= 0.3 is 0 Å². The van der Waals surface area contributed by atoms with E-state index in [0.29, 0.717) is 34.4 Å². The summed E-state index contributed by atoms with van der Waals surface area (Å²) in [6.45, 7) is 1.94. The van der Waals surface area contributed by atoms with Gasteiger partial charge in [0.25, 0.3) is 0 Å². The average molecular weight is 331 g/mol. The molecule has 0 aliphatic carbocycles. The van der Waals surface area contributed by atoms with E-state index in [0.717, 1.165) is 0 Å². The molecule has 0 aliphatic heterocycles. The number of rotatable bonds is 7. The summed E-state index contributed by atoms with van der Waals surface area (Å²) in [7, 11) is 4.75. The number of ether oxygens (including phenoxy) is 3. The van der Waals surface area contributed by atoms with Crippen molar-refractivity contribution >= 4 is 21.7 Å². The Morgan fingerprint density at radius 2 is 1.95 bits per heavy atom. The number of benzene rings is 1. The van der Waals surface area contributed by atoms with Crippen LogP contribution in [0.5, 0.6) is 11.5 Å². The van der Waals surface area contributed by atoms with Crippen LogP contribution in [0.1, 0.15) is 30.1 Å². The van der Waals surface area contributed by atoms with Gasteiger partial charge in [0.1, 0.15) is 16.0 Å². The normalized spacial score (nSPS) is 12.1. The molecule has 5 heteroatoms. The Balaban J connectivity index is 2.94. The summed E-state index contributed by atoms with van der Waals surface area (Å²) in [5.41, 5.74) is 0.554. The van der Waals surface area contributed by atoms with Crippen molar-refractivity contribution < 1.29 is 19.0 Å². The summed E-state index contributed by atoms with van der Waals surface area (Å²) in [6.07, 6.45) is 1.17. The minimum atomic E-state index is 0.0316. The molecule has 1 unspecified atom stereocenters. The molecule has 106 valence electrons. The van der Waals surface area contributed by atoms with Crippen molar-refractivity contribution in [1.82, 2.24) is 0 Å². The first-order chi connectivity index (χ1) is 9.04. The van der Waals surface area contributed by atoms with Gasteiger partial charge in [0.15, 0.2) is 5.78 Å². The molecular formula is C14H19BrO4. The minimum Gasteiger partial charge on any atom is -0.495 e. The van der Waals surface area contributed by atoms with Crippen molar-refractivity contribution in [2.45, 2.75) is 25.9 Å². The second kappa shape index (κ2) is 7.50. The van der Waals surface area contributed by atoms with Crippen LogP contribution >= 0.6 is 15.9 Å². The molecule has 4 nitrogen and oxygen atoms in total. The van der Waals surface area contributed by atoms with Crippen LogP contribution in [-0.2, 0) is 4.74 Å². The van der Waals surface area contributed by atoms with Gasteiger partial charge < -0.3 is 14.2 Å². The highest BCUT2D eigenvalue weighted by molar-refractivity contribution is 9.10. The third-order valence-electron chi connectivity index (χ3n) is 2.97. The molecule has 0 saturated heterocycles. The van der Waals surface area contributed by atoms with E-state index in [1.165, 1.54) is 7.11 Å². The molecule has 0 radical (unpaired) electrons. The lowest BCUT2D eigenvalue weighted by Crippen LogP contribution is -2.10. The molecule has 1 rings (SSSR count). The van der Waals surface area contributed by atoms with Gasteiger partial charge in [-0.15, -0.1) is 0 Å². The summed E-state index contributed by atoms with van der Waals surface area (Å²) in [6, 6.07) is 3.47. The van der Waals surface area contributed by atoms with E-state index in [2.05, 4.69) is 15.9 Å². The van der Waals surface area contributed by atoms with Crippen LogP contribution in [0.4, 0.5) is 0 Å². The largest absolute Gasteiger partial charge is 0.495 e. The fourth-order valence-electron chi connectivity index (χ4n) is 1.70. The third-order valence-corrected chi connectivity index (χ3v) is 3.72. The number of ketones is 1. The van der Waals surface area contributed by atoms with E-state index in [4.69, 9.17) is 14.2 Å². The number of hydrogen-bond acceptors (Lipinski definition) is 4. The van der Waals surface area contributed by atoms with Crippen molar-refractivity contribution in [2.75, 3.05) is 21.3 Å². The molecular weight excluding hydrogens is 312 g/mol. The number of carbonyl (C=O) groups excluding carboxylic acids is 1. The van der Waals surface area contributed by atoms with E-state index in [1.54, 1.807) is 26.4 Å². The summed E-state index contributed by atoms with van der Waals surface area (Å²) in [5, 5.41) is 0. The van der Waals surface area contributed by atoms with Crippen molar-refractivity contribution in [3.05, 3.63) is 22.2 Å². The first-order valence-corrected chi connectivity index (χ1v) is 6.80. The molecule has 0 spiro atoms. The molecule has 1 atom stereocenters. The Morgan fingerprint density at radius 1 is 1.26 bits per heavy atom. The molecule has 0 aromatic heterocycles. The van der Waals surface area contributed by atoms with Gasteiger partial charge in [-0.25, -0.2) is 0 Å². The Bertz CT molecular complexity index is 445. The van der Waals surface area contributed by atoms with E-state index in [9.17, 15) is 4.79 Å². The Morgan fingerprint density at radius 3 is 2.47 bits per heavy atom. The highest BCUT2D eigenvalue weighted by Gasteiger charge is 2.18. The van der Waals surface area contributed by atoms with Crippen LogP contribution < -0.4 is 9.47 Å². The van der Waals surface area contributed by atoms with E-state index in [-0.39, 0.29) is 11.9 Å². The van der Waals surface area contributed by atoms with Crippen LogP contribution in [0.15, 0.2) is 16.6 Å². The first-order valence-electron chi connectivity index (χ1n) is 6.01. The van der Waals surface area contributed by atoms with Gasteiger partial charge in [0.05, 0.1) is 25.9 Å². The fourth-order valence-corrected chi connectivity index (χ4v) is 2.37. The zero-order valence-electron chi connectivity index (χ0n) is 11.7. The SMILES string of the molecule is COc1ccc(C(=O)CCC(C)OC)c(OC)c1Br. The predicted octanol–water partition coefficient (Wildman–Crippen LogP) is 3.46. The quantitative estimate of drug-likeness (QED) is 0.718. The summed E-state index contributed by atoms with van der Waals surface area (Å²) < 4.78 is 16.3. The lowest BCUT2D eigenvalue weighted by molar-refractivity contribution is 0.0875. The number of halogens is 1. The van der Waals surface area contributed by atoms with Gasteiger partial charge in [-0.3, -0.25) is 4.79 Å². The van der Waals surface area contributed by atoms with Crippen molar-refractivity contribution in [3.8, 4) is 11.5 Å². The maximum atomic E-state index is 12.2. The Labute approximate surface area is 122 Å². The molecule has 0 saturated carbocycles. The molecule has 0 fully saturated rings. The van der Waals surface area contributed by atoms with Gasteiger partial charge in [0.2, 0.25) is 0 Å². The molecule has 0 N–H and O–H groups in total. The topological polar surface area (TPSA) is 44.8 Å². The molecule has 19 heavy (non-hydrogen) atoms. The van der Waals surface area contributed by atoms with Gasteiger partial charge in [-0.1, -0.05) is 0 Å². The third kappa shape index (κ3) is 3.94. The molecule has 0 heterocycles. The highest BCUT2D eigenvalue weighted by Crippen LogP contribution is 2.37. The van der Waals surface area contributed by atoms with E-state index < -0.39 is 0 Å². The van der Waals surface area contributed by atoms with Crippen LogP contribution in [0.25, 0.3) is 0 Å². The van der Waals surface area contributed by atoms with E-state index >= 15 is 0 Å². The number of hydrogen-bond donors (Lipinski definition) is 0. The monoisotopic (exact) mass is 330 g/mol. The summed E-state index contributed by atoms with van der Waals surface area (Å²) in [4.78, 5) is 12.2. The van der Waals surface area contributed by atoms with Crippen molar-refractivity contribution in [3.63, 3.8) is 0 Å². The lowest BCUT2D eigenvalue weighted by atomic mass is 10.0. The van der Waals surface area contributed by atoms with Gasteiger partial charge in [0, 0.05) is 13.5 Å². The molecule has 1 aromatic carbocycles. The Kier molecular flexibility index (Phi) is 6.31. The van der Waals surface area contributed by atoms with Crippen molar-refractivity contribution in [2.24, 2.45) is 0 Å². The van der Waals surface area contributed by atoms with E-state index in [1.807, 2.05) is 6.92 Å². The van der Waals surface area contributed by atoms with Crippen LogP contribution in [0, 0.1) is 0 Å². The standard InChI is InChI=1S/C14H19BrO4/c1-9(17-2)5-7-11(16)10-6-8-12(18-3)13(15)14(10)19-4/h6,8-9H,5,7H2,1-4H3. The number of Topliss-reactive ketones (excluding diaryl/α,β-unsaturated/α-hetero) is 1. The Hall–Kier alpha value is -1.07. The van der Waals surface area contributed by atoms with Crippen LogP contribution in [-0.4, -0.2) is 33.2 Å². The second-order valence-corrected chi connectivity index (χ2v) is 4.96. The maximum absolute atomic E-state index is 12.2. The molecule has 0 amide bonds. The highest BCUT2D eigenvalue weighted by atomic mass is 79.9. The minimum absolute atomic E-state index is 0.0316. The summed E-state index contributed by atoms with van der Waals surface area (Å²) in [5.74, 6) is 1.18.